The summed E-state index contributed by atoms with van der Waals surface area (Å²) in [4.78, 5) is 6.54. The molecule has 0 unspecified atom stereocenters. The second kappa shape index (κ2) is 4.37. The van der Waals surface area contributed by atoms with Crippen LogP contribution in [0.3, 0.4) is 0 Å². The van der Waals surface area contributed by atoms with Crippen LogP contribution in [0, 0.1) is 0 Å². The van der Waals surface area contributed by atoms with Crippen molar-refractivity contribution in [3.8, 4) is 0 Å². The van der Waals surface area contributed by atoms with Crippen molar-refractivity contribution in [2.45, 2.75) is 31.8 Å². The van der Waals surface area contributed by atoms with Crippen molar-refractivity contribution < 1.29 is 0 Å². The number of halogens is 1. The molecule has 82 valence electrons. The number of nitrogens with two attached hydrogens (primary N) is 1. The van der Waals surface area contributed by atoms with Crippen LogP contribution in [0.5, 0.6) is 0 Å². The van der Waals surface area contributed by atoms with E-state index >= 15 is 0 Å². The molecule has 2 rings (SSSR count). The van der Waals surface area contributed by atoms with Gasteiger partial charge in [0, 0.05) is 25.8 Å². The summed E-state index contributed by atoms with van der Waals surface area (Å²) in [7, 11) is 2.06. The minimum Gasteiger partial charge on any atom is -0.355 e. The first-order valence-corrected chi connectivity index (χ1v) is 5.67. The molecule has 0 spiro atoms. The summed E-state index contributed by atoms with van der Waals surface area (Å²) in [6.45, 7) is 0.486. The lowest BCUT2D eigenvalue weighted by atomic mass is 9.92. The van der Waals surface area contributed by atoms with Crippen LogP contribution in [-0.2, 0) is 6.54 Å². The van der Waals surface area contributed by atoms with E-state index in [-0.39, 0.29) is 0 Å². The van der Waals surface area contributed by atoms with E-state index in [0.717, 1.165) is 11.4 Å². The average molecular weight is 226 g/mol. The molecule has 1 aliphatic rings. The molecule has 1 aliphatic carbocycles. The van der Waals surface area contributed by atoms with Crippen LogP contribution in [0.25, 0.3) is 0 Å². The third-order valence-electron chi connectivity index (χ3n) is 3.07. The highest BCUT2D eigenvalue weighted by molar-refractivity contribution is 6.33. The van der Waals surface area contributed by atoms with Gasteiger partial charge in [0.05, 0.1) is 5.02 Å². The molecular formula is C11H16ClN3. The standard InChI is InChI=1S/C11H16ClN3/c1-15(9-3-2-4-9)11-10(12)5-8(6-13)7-14-11/h5,7,9H,2-4,6,13H2,1H3. The fraction of sp³-hybridized carbons (Fsp3) is 0.545. The van der Waals surface area contributed by atoms with Crippen molar-refractivity contribution in [3.63, 3.8) is 0 Å². The number of rotatable bonds is 3. The molecule has 1 heterocycles. The number of aromatic nitrogens is 1. The summed E-state index contributed by atoms with van der Waals surface area (Å²) in [5.74, 6) is 0.874. The van der Waals surface area contributed by atoms with E-state index in [1.807, 2.05) is 6.07 Å². The van der Waals surface area contributed by atoms with Gasteiger partial charge in [0.2, 0.25) is 0 Å². The van der Waals surface area contributed by atoms with Crippen molar-refractivity contribution in [1.82, 2.24) is 4.98 Å². The van der Waals surface area contributed by atoms with Gasteiger partial charge in [-0.25, -0.2) is 4.98 Å². The van der Waals surface area contributed by atoms with Gasteiger partial charge in [0.15, 0.2) is 0 Å². The molecule has 0 bridgehead atoms. The van der Waals surface area contributed by atoms with Gasteiger partial charge < -0.3 is 10.6 Å². The first-order valence-electron chi connectivity index (χ1n) is 5.29. The highest BCUT2D eigenvalue weighted by atomic mass is 35.5. The molecule has 0 radical (unpaired) electrons. The lowest BCUT2D eigenvalue weighted by Crippen LogP contribution is -2.37. The Kier molecular flexibility index (Phi) is 3.12. The molecule has 1 aromatic rings. The summed E-state index contributed by atoms with van der Waals surface area (Å²) in [5.41, 5.74) is 6.51. The summed E-state index contributed by atoms with van der Waals surface area (Å²) in [6, 6.07) is 2.51. The molecule has 0 aliphatic heterocycles. The third kappa shape index (κ3) is 2.08. The van der Waals surface area contributed by atoms with Gasteiger partial charge in [-0.3, -0.25) is 0 Å². The Labute approximate surface area is 95.2 Å². The summed E-state index contributed by atoms with van der Waals surface area (Å²) < 4.78 is 0. The predicted molar refractivity (Wildman–Crippen MR) is 63.2 cm³/mol. The summed E-state index contributed by atoms with van der Waals surface area (Å²) in [6.07, 6.45) is 5.60. The van der Waals surface area contributed by atoms with Crippen molar-refractivity contribution in [2.24, 2.45) is 5.73 Å². The van der Waals surface area contributed by atoms with Crippen molar-refractivity contribution in [3.05, 3.63) is 22.8 Å². The molecule has 3 nitrogen and oxygen atoms in total. The first-order chi connectivity index (χ1) is 7.22. The SMILES string of the molecule is CN(c1ncc(CN)cc1Cl)C1CCC1. The Bertz CT molecular complexity index is 350. The molecule has 15 heavy (non-hydrogen) atoms. The molecule has 4 heteroatoms. The van der Waals surface area contributed by atoms with Gasteiger partial charge in [0.25, 0.3) is 0 Å². The van der Waals surface area contributed by atoms with Crippen LogP contribution in [0.4, 0.5) is 5.82 Å². The molecule has 0 atom stereocenters. The van der Waals surface area contributed by atoms with Crippen LogP contribution in [0.1, 0.15) is 24.8 Å². The zero-order chi connectivity index (χ0) is 10.8. The predicted octanol–water partition coefficient (Wildman–Crippen LogP) is 2.18. The Hall–Kier alpha value is -0.800. The minimum absolute atomic E-state index is 0.486. The van der Waals surface area contributed by atoms with Crippen LogP contribution in [-0.4, -0.2) is 18.1 Å². The van der Waals surface area contributed by atoms with Crippen LogP contribution in [0.2, 0.25) is 5.02 Å². The monoisotopic (exact) mass is 225 g/mol. The van der Waals surface area contributed by atoms with E-state index in [4.69, 9.17) is 17.3 Å². The third-order valence-corrected chi connectivity index (χ3v) is 3.35. The van der Waals surface area contributed by atoms with Crippen molar-refractivity contribution in [2.75, 3.05) is 11.9 Å². The number of anilines is 1. The second-order valence-electron chi connectivity index (χ2n) is 4.05. The van der Waals surface area contributed by atoms with Crippen molar-refractivity contribution in [1.29, 1.82) is 0 Å². The maximum Gasteiger partial charge on any atom is 0.147 e. The normalized spacial score (nSPS) is 16.2. The molecule has 2 N–H and O–H groups in total. The Balaban J connectivity index is 2.19. The maximum absolute atomic E-state index is 6.17. The fourth-order valence-corrected chi connectivity index (χ4v) is 2.11. The van der Waals surface area contributed by atoms with Gasteiger partial charge in [-0.1, -0.05) is 11.6 Å². The molecule has 1 fully saturated rings. The number of hydrogen-bond acceptors (Lipinski definition) is 3. The highest BCUT2D eigenvalue weighted by Gasteiger charge is 2.24. The topological polar surface area (TPSA) is 42.2 Å². The quantitative estimate of drug-likeness (QED) is 0.858. The fourth-order valence-electron chi connectivity index (χ4n) is 1.79. The van der Waals surface area contributed by atoms with Crippen LogP contribution in [0.15, 0.2) is 12.3 Å². The lowest BCUT2D eigenvalue weighted by Gasteiger charge is -2.35. The van der Waals surface area contributed by atoms with E-state index in [9.17, 15) is 0 Å². The summed E-state index contributed by atoms with van der Waals surface area (Å²) >= 11 is 6.17. The van der Waals surface area contributed by atoms with E-state index in [1.54, 1.807) is 6.20 Å². The Morgan fingerprint density at radius 3 is 2.80 bits per heavy atom. The van der Waals surface area contributed by atoms with E-state index in [2.05, 4.69) is 16.9 Å². The highest BCUT2D eigenvalue weighted by Crippen LogP contribution is 2.31. The maximum atomic E-state index is 6.17. The molecule has 1 saturated carbocycles. The summed E-state index contributed by atoms with van der Waals surface area (Å²) in [5, 5.41) is 0.701. The molecule has 1 aromatic heterocycles. The number of pyridine rings is 1. The van der Waals surface area contributed by atoms with Gasteiger partial charge in [0.1, 0.15) is 5.82 Å². The zero-order valence-electron chi connectivity index (χ0n) is 8.91. The molecular weight excluding hydrogens is 210 g/mol. The molecule has 0 aromatic carbocycles. The molecule has 0 amide bonds. The minimum atomic E-state index is 0.486. The average Bonchev–Trinajstić information content (AvgIpc) is 2.14. The smallest absolute Gasteiger partial charge is 0.147 e. The van der Waals surface area contributed by atoms with Gasteiger partial charge in [-0.15, -0.1) is 0 Å². The van der Waals surface area contributed by atoms with Crippen LogP contribution < -0.4 is 10.6 Å². The van der Waals surface area contributed by atoms with Crippen molar-refractivity contribution >= 4 is 17.4 Å². The lowest BCUT2D eigenvalue weighted by molar-refractivity contribution is 0.399. The Morgan fingerprint density at radius 2 is 2.33 bits per heavy atom. The van der Waals surface area contributed by atoms with Gasteiger partial charge in [-0.2, -0.15) is 0 Å². The second-order valence-corrected chi connectivity index (χ2v) is 4.46. The first kappa shape index (κ1) is 10.7. The number of nitrogens with zero attached hydrogens (tertiary/aromatic N) is 2. The van der Waals surface area contributed by atoms with Gasteiger partial charge >= 0.3 is 0 Å². The van der Waals surface area contributed by atoms with E-state index in [1.165, 1.54) is 19.3 Å². The van der Waals surface area contributed by atoms with E-state index < -0.39 is 0 Å². The zero-order valence-corrected chi connectivity index (χ0v) is 9.67. The van der Waals surface area contributed by atoms with E-state index in [0.29, 0.717) is 17.6 Å². The largest absolute Gasteiger partial charge is 0.355 e. The molecule has 0 saturated heterocycles. The van der Waals surface area contributed by atoms with Gasteiger partial charge in [-0.05, 0) is 30.9 Å². The number of hydrogen-bond donors (Lipinski definition) is 1. The van der Waals surface area contributed by atoms with Crippen LogP contribution >= 0.6 is 11.6 Å². The Morgan fingerprint density at radius 1 is 1.60 bits per heavy atom.